The predicted molar refractivity (Wildman–Crippen MR) is 92.1 cm³/mol. The number of carbonyl (C=O) groups excluding carboxylic acids is 2. The van der Waals surface area contributed by atoms with Crippen LogP contribution in [0.15, 0.2) is 30.3 Å². The molecule has 2 aliphatic rings. The zero-order chi connectivity index (χ0) is 17.6. The molecule has 7 nitrogen and oxygen atoms in total. The molecule has 0 aliphatic carbocycles. The van der Waals surface area contributed by atoms with E-state index in [1.54, 1.807) is 0 Å². The van der Waals surface area contributed by atoms with Crippen LogP contribution in [0.5, 0.6) is 0 Å². The molecule has 0 spiro atoms. The van der Waals surface area contributed by atoms with E-state index in [9.17, 15) is 9.59 Å². The zero-order valence-corrected chi connectivity index (χ0v) is 14.6. The first-order valence-electron chi connectivity index (χ1n) is 8.69. The normalized spacial score (nSPS) is 20.2. The Morgan fingerprint density at radius 3 is 2.16 bits per heavy atom. The van der Waals surface area contributed by atoms with Crippen molar-refractivity contribution in [2.75, 3.05) is 59.6 Å². The first kappa shape index (κ1) is 17.7. The Bertz CT molecular complexity index is 581. The van der Waals surface area contributed by atoms with Gasteiger partial charge in [0.05, 0.1) is 20.3 Å². The lowest BCUT2D eigenvalue weighted by molar-refractivity contribution is -0.148. The molecule has 0 saturated carbocycles. The molecule has 2 saturated heterocycles. The van der Waals surface area contributed by atoms with Gasteiger partial charge in [-0.05, 0) is 5.56 Å². The molecule has 2 aliphatic heterocycles. The standard InChI is InChI=1S/C18H25N3O4/c1-24-17(22)16(15-5-3-2-4-6-15)19-7-9-20(10-8-19)18(23)21-11-13-25-14-12-21/h2-6,16H,7-14H2,1H3/t16-/m1/s1. The quantitative estimate of drug-likeness (QED) is 0.763. The van der Waals surface area contributed by atoms with E-state index in [0.29, 0.717) is 52.5 Å². The van der Waals surface area contributed by atoms with Gasteiger partial charge in [0.25, 0.3) is 0 Å². The number of urea groups is 1. The number of methoxy groups -OCH3 is 1. The van der Waals surface area contributed by atoms with Gasteiger partial charge in [0.1, 0.15) is 6.04 Å². The van der Waals surface area contributed by atoms with E-state index in [2.05, 4.69) is 4.90 Å². The fourth-order valence-electron chi connectivity index (χ4n) is 3.37. The second-order valence-electron chi connectivity index (χ2n) is 6.24. The maximum atomic E-state index is 12.6. The minimum atomic E-state index is -0.424. The van der Waals surface area contributed by atoms with Gasteiger partial charge in [0, 0.05) is 39.3 Å². The number of esters is 1. The van der Waals surface area contributed by atoms with E-state index in [0.717, 1.165) is 5.56 Å². The van der Waals surface area contributed by atoms with Crippen molar-refractivity contribution in [3.63, 3.8) is 0 Å². The second kappa shape index (κ2) is 8.31. The predicted octanol–water partition coefficient (Wildman–Crippen LogP) is 0.971. The minimum absolute atomic E-state index is 0.0669. The first-order valence-corrected chi connectivity index (χ1v) is 8.69. The summed E-state index contributed by atoms with van der Waals surface area (Å²) in [6, 6.07) is 9.28. The Kier molecular flexibility index (Phi) is 5.88. The van der Waals surface area contributed by atoms with Gasteiger partial charge >= 0.3 is 12.0 Å². The Morgan fingerprint density at radius 1 is 0.960 bits per heavy atom. The number of carbonyl (C=O) groups is 2. The topological polar surface area (TPSA) is 62.3 Å². The lowest BCUT2D eigenvalue weighted by Gasteiger charge is -2.40. The summed E-state index contributed by atoms with van der Waals surface area (Å²) in [5, 5.41) is 0. The molecule has 7 heteroatoms. The van der Waals surface area contributed by atoms with E-state index in [4.69, 9.17) is 9.47 Å². The van der Waals surface area contributed by atoms with Crippen LogP contribution in [-0.2, 0) is 14.3 Å². The SMILES string of the molecule is COC(=O)[C@@H](c1ccccc1)N1CCN(C(=O)N2CCOCC2)CC1. The van der Waals surface area contributed by atoms with Crippen LogP contribution in [0.25, 0.3) is 0 Å². The van der Waals surface area contributed by atoms with Crippen molar-refractivity contribution < 1.29 is 19.1 Å². The van der Waals surface area contributed by atoms with E-state index < -0.39 is 6.04 Å². The van der Waals surface area contributed by atoms with Gasteiger partial charge in [0.2, 0.25) is 0 Å². The largest absolute Gasteiger partial charge is 0.468 e. The summed E-state index contributed by atoms with van der Waals surface area (Å²) in [5.74, 6) is -0.265. The number of rotatable bonds is 3. The molecule has 2 fully saturated rings. The molecular formula is C18H25N3O4. The third-order valence-corrected chi connectivity index (χ3v) is 4.77. The number of piperazine rings is 1. The van der Waals surface area contributed by atoms with Gasteiger partial charge in [0.15, 0.2) is 0 Å². The average molecular weight is 347 g/mol. The number of hydrogen-bond acceptors (Lipinski definition) is 5. The van der Waals surface area contributed by atoms with Crippen molar-refractivity contribution >= 4 is 12.0 Å². The summed E-state index contributed by atoms with van der Waals surface area (Å²) in [6.07, 6.45) is 0. The summed E-state index contributed by atoms with van der Waals surface area (Å²) in [6.45, 7) is 5.00. The average Bonchev–Trinajstić information content (AvgIpc) is 2.69. The smallest absolute Gasteiger partial charge is 0.327 e. The lowest BCUT2D eigenvalue weighted by atomic mass is 10.0. The summed E-state index contributed by atoms with van der Waals surface area (Å²) in [7, 11) is 1.41. The Hall–Kier alpha value is -2.12. The molecule has 1 aromatic carbocycles. The van der Waals surface area contributed by atoms with E-state index in [1.165, 1.54) is 7.11 Å². The van der Waals surface area contributed by atoms with Crippen LogP contribution in [0.4, 0.5) is 4.79 Å². The molecule has 0 bridgehead atoms. The third kappa shape index (κ3) is 4.11. The van der Waals surface area contributed by atoms with Crippen LogP contribution in [0.3, 0.4) is 0 Å². The van der Waals surface area contributed by atoms with E-state index >= 15 is 0 Å². The van der Waals surface area contributed by atoms with Gasteiger partial charge in [-0.25, -0.2) is 9.59 Å². The molecule has 25 heavy (non-hydrogen) atoms. The lowest BCUT2D eigenvalue weighted by Crippen LogP contribution is -2.55. The molecule has 2 amide bonds. The highest BCUT2D eigenvalue weighted by molar-refractivity contribution is 5.78. The molecule has 2 heterocycles. The highest BCUT2D eigenvalue weighted by Crippen LogP contribution is 2.24. The Morgan fingerprint density at radius 2 is 1.56 bits per heavy atom. The maximum absolute atomic E-state index is 12.6. The highest BCUT2D eigenvalue weighted by Gasteiger charge is 2.33. The number of benzene rings is 1. The highest BCUT2D eigenvalue weighted by atomic mass is 16.5. The first-order chi connectivity index (χ1) is 12.2. The van der Waals surface area contributed by atoms with Crippen molar-refractivity contribution in [3.05, 3.63) is 35.9 Å². The summed E-state index contributed by atoms with van der Waals surface area (Å²) in [4.78, 5) is 30.7. The van der Waals surface area contributed by atoms with Crippen molar-refractivity contribution in [1.82, 2.24) is 14.7 Å². The number of amides is 2. The minimum Gasteiger partial charge on any atom is -0.468 e. The van der Waals surface area contributed by atoms with Crippen LogP contribution in [0.2, 0.25) is 0 Å². The molecule has 136 valence electrons. The monoisotopic (exact) mass is 347 g/mol. The number of nitrogens with zero attached hydrogens (tertiary/aromatic N) is 3. The molecule has 1 aromatic rings. The van der Waals surface area contributed by atoms with Gasteiger partial charge in [-0.3, -0.25) is 4.90 Å². The van der Waals surface area contributed by atoms with Crippen molar-refractivity contribution in [3.8, 4) is 0 Å². The number of morpholine rings is 1. The fraction of sp³-hybridized carbons (Fsp3) is 0.556. The summed E-state index contributed by atoms with van der Waals surface area (Å²) < 4.78 is 10.3. The van der Waals surface area contributed by atoms with Crippen molar-refractivity contribution in [2.45, 2.75) is 6.04 Å². The van der Waals surface area contributed by atoms with Gasteiger partial charge in [-0.1, -0.05) is 30.3 Å². The van der Waals surface area contributed by atoms with Crippen molar-refractivity contribution in [2.24, 2.45) is 0 Å². The molecule has 0 radical (unpaired) electrons. The van der Waals surface area contributed by atoms with Crippen LogP contribution < -0.4 is 0 Å². The van der Waals surface area contributed by atoms with E-state index in [-0.39, 0.29) is 12.0 Å². The molecule has 0 aromatic heterocycles. The summed E-state index contributed by atoms with van der Waals surface area (Å²) >= 11 is 0. The Labute approximate surface area is 148 Å². The summed E-state index contributed by atoms with van der Waals surface area (Å²) in [5.41, 5.74) is 0.919. The van der Waals surface area contributed by atoms with Crippen LogP contribution in [0, 0.1) is 0 Å². The molecule has 1 atom stereocenters. The molecule has 0 unspecified atom stereocenters. The fourth-order valence-corrected chi connectivity index (χ4v) is 3.37. The second-order valence-corrected chi connectivity index (χ2v) is 6.24. The molecular weight excluding hydrogens is 322 g/mol. The molecule has 0 N–H and O–H groups in total. The third-order valence-electron chi connectivity index (χ3n) is 4.77. The molecule has 3 rings (SSSR count). The maximum Gasteiger partial charge on any atom is 0.327 e. The van der Waals surface area contributed by atoms with Gasteiger partial charge < -0.3 is 19.3 Å². The Balaban J connectivity index is 1.63. The van der Waals surface area contributed by atoms with Crippen LogP contribution in [-0.4, -0.2) is 86.3 Å². The zero-order valence-electron chi connectivity index (χ0n) is 14.6. The number of hydrogen-bond donors (Lipinski definition) is 0. The van der Waals surface area contributed by atoms with Crippen molar-refractivity contribution in [1.29, 1.82) is 0 Å². The van der Waals surface area contributed by atoms with E-state index in [1.807, 2.05) is 40.1 Å². The van der Waals surface area contributed by atoms with Gasteiger partial charge in [-0.15, -0.1) is 0 Å². The van der Waals surface area contributed by atoms with Crippen LogP contribution in [0.1, 0.15) is 11.6 Å². The van der Waals surface area contributed by atoms with Crippen LogP contribution >= 0.6 is 0 Å². The van der Waals surface area contributed by atoms with Gasteiger partial charge in [-0.2, -0.15) is 0 Å². The number of ether oxygens (including phenoxy) is 2.